The number of urea groups is 1. The van der Waals surface area contributed by atoms with Crippen LogP contribution in [0.4, 0.5) is 4.79 Å². The van der Waals surface area contributed by atoms with Gasteiger partial charge in [-0.05, 0) is 37.3 Å². The van der Waals surface area contributed by atoms with Crippen LogP contribution in [0.25, 0.3) is 0 Å². The third kappa shape index (κ3) is 3.59. The van der Waals surface area contributed by atoms with E-state index in [0.717, 1.165) is 18.4 Å². The quantitative estimate of drug-likeness (QED) is 0.598. The lowest BCUT2D eigenvalue weighted by Gasteiger charge is -2.48. The molecule has 0 radical (unpaired) electrons. The van der Waals surface area contributed by atoms with Gasteiger partial charge >= 0.3 is 12.0 Å². The van der Waals surface area contributed by atoms with Crippen molar-refractivity contribution < 1.29 is 24.6 Å². The Kier molecular flexibility index (Phi) is 5.75. The summed E-state index contributed by atoms with van der Waals surface area (Å²) in [6, 6.07) is 8.90. The zero-order valence-electron chi connectivity index (χ0n) is 17.8. The first-order valence-corrected chi connectivity index (χ1v) is 10.9. The van der Waals surface area contributed by atoms with Crippen LogP contribution in [0.3, 0.4) is 0 Å². The summed E-state index contributed by atoms with van der Waals surface area (Å²) in [5, 5.41) is 22.9. The van der Waals surface area contributed by atoms with Crippen LogP contribution in [0.2, 0.25) is 0 Å². The number of benzene rings is 1. The summed E-state index contributed by atoms with van der Waals surface area (Å²) in [6.07, 6.45) is 2.11. The molecule has 5 atom stereocenters. The van der Waals surface area contributed by atoms with Gasteiger partial charge in [0.15, 0.2) is 0 Å². The minimum Gasteiger partial charge on any atom is -0.477 e. The third-order valence-corrected chi connectivity index (χ3v) is 6.91. The summed E-state index contributed by atoms with van der Waals surface area (Å²) in [5.41, 5.74) is 1.79. The van der Waals surface area contributed by atoms with Crippen molar-refractivity contribution in [2.24, 2.45) is 11.8 Å². The molecule has 2 heterocycles. The van der Waals surface area contributed by atoms with Crippen molar-refractivity contribution in [1.82, 2.24) is 15.1 Å². The normalized spacial score (nSPS) is 27.8. The Morgan fingerprint density at radius 2 is 1.97 bits per heavy atom. The number of aliphatic carboxylic acids is 1. The Bertz CT molecular complexity index is 913. The zero-order chi connectivity index (χ0) is 22.3. The minimum absolute atomic E-state index is 0.00513. The summed E-state index contributed by atoms with van der Waals surface area (Å²) < 4.78 is 0. The number of rotatable bonds is 6. The number of hydrogen-bond acceptors (Lipinski definition) is 4. The lowest BCUT2D eigenvalue weighted by atomic mass is 9.71. The van der Waals surface area contributed by atoms with Crippen molar-refractivity contribution in [3.63, 3.8) is 0 Å². The molecule has 8 nitrogen and oxygen atoms in total. The second kappa shape index (κ2) is 8.34. The Hall–Kier alpha value is -2.87. The maximum atomic E-state index is 12.8. The van der Waals surface area contributed by atoms with Crippen LogP contribution >= 0.6 is 0 Å². The molecule has 3 amide bonds. The molecule has 3 N–H and O–H groups in total. The number of aliphatic hydroxyl groups is 1. The van der Waals surface area contributed by atoms with Crippen LogP contribution in [-0.4, -0.2) is 69.7 Å². The van der Waals surface area contributed by atoms with E-state index in [9.17, 15) is 24.6 Å². The van der Waals surface area contributed by atoms with E-state index in [-0.39, 0.29) is 35.6 Å². The molecule has 31 heavy (non-hydrogen) atoms. The molecule has 1 unspecified atom stereocenters. The van der Waals surface area contributed by atoms with E-state index in [2.05, 4.69) is 5.32 Å². The summed E-state index contributed by atoms with van der Waals surface area (Å²) in [7, 11) is 1.68. The molecule has 0 aromatic heterocycles. The number of nitrogens with one attached hydrogen (secondary N) is 1. The average molecular weight is 428 g/mol. The fraction of sp³-hybridized carbons (Fsp3) is 0.522. The molecule has 1 aromatic rings. The van der Waals surface area contributed by atoms with Gasteiger partial charge in [0, 0.05) is 19.5 Å². The molecule has 166 valence electrons. The molecule has 1 aromatic carbocycles. The third-order valence-electron chi connectivity index (χ3n) is 6.91. The second-order valence-corrected chi connectivity index (χ2v) is 8.71. The molecular formula is C23H29N3O5. The summed E-state index contributed by atoms with van der Waals surface area (Å²) in [6.45, 7) is 2.05. The number of β-lactam (4-membered cyclic amide) rings is 1. The molecule has 3 aliphatic rings. The second-order valence-electron chi connectivity index (χ2n) is 8.71. The first-order chi connectivity index (χ1) is 14.8. The molecular weight excluding hydrogens is 398 g/mol. The largest absolute Gasteiger partial charge is 0.477 e. The Morgan fingerprint density at radius 1 is 1.26 bits per heavy atom. The predicted octanol–water partition coefficient (Wildman–Crippen LogP) is 1.60. The van der Waals surface area contributed by atoms with Gasteiger partial charge in [0.05, 0.1) is 24.1 Å². The number of amides is 3. The molecule has 0 spiro atoms. The number of likely N-dealkylation sites (N-methyl/N-ethyl adjacent to an activating group) is 1. The molecule has 2 fully saturated rings. The summed E-state index contributed by atoms with van der Waals surface area (Å²) in [5.74, 6) is -2.21. The van der Waals surface area contributed by atoms with Gasteiger partial charge in [-0.3, -0.25) is 4.79 Å². The standard InChI is InChI=1S/C23H29N3O5/c1-13(27)17-19-15-9-6-10-16(18(15)20(22(29)30)26(19)21(17)28)25(2)23(31)24-12-11-14-7-4-3-5-8-14/h3-5,7-8,13,15-17,19,27H,6,9-12H2,1-2H3,(H,24,31)(H,29,30)/t13?,15-,16-,17+,19+/m0/s1. The van der Waals surface area contributed by atoms with Gasteiger partial charge in [-0.15, -0.1) is 0 Å². The Morgan fingerprint density at radius 3 is 2.61 bits per heavy atom. The molecule has 8 heteroatoms. The van der Waals surface area contributed by atoms with Gasteiger partial charge in [-0.2, -0.15) is 0 Å². The van der Waals surface area contributed by atoms with Crippen LogP contribution in [-0.2, 0) is 16.0 Å². The van der Waals surface area contributed by atoms with Crippen LogP contribution in [0.5, 0.6) is 0 Å². The maximum absolute atomic E-state index is 12.8. The highest BCUT2D eigenvalue weighted by atomic mass is 16.4. The van der Waals surface area contributed by atoms with E-state index in [1.54, 1.807) is 18.9 Å². The molecule has 2 aliphatic heterocycles. The van der Waals surface area contributed by atoms with Gasteiger partial charge in [-0.25, -0.2) is 9.59 Å². The van der Waals surface area contributed by atoms with Crippen molar-refractivity contribution in [2.75, 3.05) is 13.6 Å². The lowest BCUT2D eigenvalue weighted by Crippen LogP contribution is -2.64. The molecule has 0 bridgehead atoms. The number of aliphatic hydroxyl groups excluding tert-OH is 1. The fourth-order valence-electron chi connectivity index (χ4n) is 5.48. The van der Waals surface area contributed by atoms with Crippen molar-refractivity contribution in [3.05, 3.63) is 47.2 Å². The van der Waals surface area contributed by atoms with E-state index in [4.69, 9.17) is 0 Å². The van der Waals surface area contributed by atoms with Crippen LogP contribution in [0.1, 0.15) is 31.7 Å². The predicted molar refractivity (Wildman–Crippen MR) is 113 cm³/mol. The first kappa shape index (κ1) is 21.4. The van der Waals surface area contributed by atoms with Crippen LogP contribution < -0.4 is 5.32 Å². The average Bonchev–Trinajstić information content (AvgIpc) is 3.04. The van der Waals surface area contributed by atoms with Crippen molar-refractivity contribution in [2.45, 2.75) is 50.8 Å². The Balaban J connectivity index is 1.51. The number of carboxylic acid groups (broad SMARTS) is 1. The van der Waals surface area contributed by atoms with E-state index < -0.39 is 18.0 Å². The summed E-state index contributed by atoms with van der Waals surface area (Å²) >= 11 is 0. The number of carbonyl (C=O) groups is 3. The zero-order valence-corrected chi connectivity index (χ0v) is 17.8. The van der Waals surface area contributed by atoms with Gasteiger partial charge in [-0.1, -0.05) is 36.8 Å². The van der Waals surface area contributed by atoms with Crippen LogP contribution in [0, 0.1) is 11.8 Å². The number of fused-ring (bicyclic) bond motifs is 3. The minimum atomic E-state index is -1.15. The molecule has 4 rings (SSSR count). The number of nitrogens with zero attached hydrogens (tertiary/aromatic N) is 2. The highest BCUT2D eigenvalue weighted by Crippen LogP contribution is 2.52. The first-order valence-electron chi connectivity index (χ1n) is 10.9. The molecule has 1 saturated heterocycles. The Labute approximate surface area is 181 Å². The van der Waals surface area contributed by atoms with E-state index >= 15 is 0 Å². The monoisotopic (exact) mass is 427 g/mol. The maximum Gasteiger partial charge on any atom is 0.352 e. The van der Waals surface area contributed by atoms with Crippen molar-refractivity contribution >= 4 is 17.9 Å². The van der Waals surface area contributed by atoms with Crippen molar-refractivity contribution in [1.29, 1.82) is 0 Å². The van der Waals surface area contributed by atoms with Gasteiger partial charge in [0.1, 0.15) is 5.70 Å². The SMILES string of the molecule is CC(O)[C@H]1C(=O)N2C(C(=O)O)=C3[C@H](CCC[C@@H]3N(C)C(=O)NCCc3ccccc3)[C@H]12. The highest BCUT2D eigenvalue weighted by Gasteiger charge is 2.62. The van der Waals surface area contributed by atoms with Gasteiger partial charge in [0.2, 0.25) is 5.91 Å². The highest BCUT2D eigenvalue weighted by molar-refractivity contribution is 6.00. The topological polar surface area (TPSA) is 110 Å². The van der Waals surface area contributed by atoms with Crippen LogP contribution in [0.15, 0.2) is 41.6 Å². The van der Waals surface area contributed by atoms with Crippen molar-refractivity contribution in [3.8, 4) is 0 Å². The smallest absolute Gasteiger partial charge is 0.352 e. The molecule has 1 saturated carbocycles. The lowest BCUT2D eigenvalue weighted by molar-refractivity contribution is -0.163. The van der Waals surface area contributed by atoms with E-state index in [1.807, 2.05) is 30.3 Å². The number of hydrogen-bond donors (Lipinski definition) is 3. The number of carboxylic acids is 1. The fourth-order valence-corrected chi connectivity index (χ4v) is 5.48. The summed E-state index contributed by atoms with van der Waals surface area (Å²) in [4.78, 5) is 40.5. The van der Waals surface area contributed by atoms with E-state index in [0.29, 0.717) is 25.0 Å². The van der Waals surface area contributed by atoms with Gasteiger partial charge < -0.3 is 25.3 Å². The number of carbonyl (C=O) groups excluding carboxylic acids is 2. The van der Waals surface area contributed by atoms with E-state index in [1.165, 1.54) is 4.90 Å². The molecule has 1 aliphatic carbocycles. The van der Waals surface area contributed by atoms with Gasteiger partial charge in [0.25, 0.3) is 0 Å².